The van der Waals surface area contributed by atoms with Gasteiger partial charge in [0.05, 0.1) is 53.1 Å². The molecule has 15 rings (SSSR count). The predicted molar refractivity (Wildman–Crippen MR) is 411 cm³/mol. The Labute approximate surface area is 717 Å². The maximum absolute atomic E-state index is 12.1. The molecule has 12 heterocycles. The Morgan fingerprint density at radius 3 is 1.01 bits per heavy atom. The number of piperidine rings is 3. The second-order valence-electron chi connectivity index (χ2n) is 32.1. The van der Waals surface area contributed by atoms with E-state index in [-0.39, 0.29) is 148 Å². The molecular weight excluding hydrogens is 1590 g/mol. The van der Waals surface area contributed by atoms with Gasteiger partial charge in [0, 0.05) is 47.0 Å². The van der Waals surface area contributed by atoms with E-state index in [4.69, 9.17) is 77.3 Å². The molecule has 7 saturated heterocycles. The molecule has 3 spiro atoms. The number of aromatic nitrogens is 10. The number of carbonyl (C=O) groups is 9. The van der Waals surface area contributed by atoms with Gasteiger partial charge in [-0.1, -0.05) is 78.8 Å². The van der Waals surface area contributed by atoms with E-state index in [9.17, 15) is 53.4 Å². The largest absolute Gasteiger partial charge is 1.00 e. The van der Waals surface area contributed by atoms with Crippen LogP contribution >= 0.6 is 58.0 Å². The number of nitrogens with zero attached hydrogens (tertiary/aromatic N) is 15. The number of halogens is 5. The molecule has 10 fully saturated rings. The van der Waals surface area contributed by atoms with Crippen molar-refractivity contribution in [2.24, 2.45) is 16.2 Å². The van der Waals surface area contributed by atoms with E-state index in [1.54, 1.807) is 20.8 Å². The van der Waals surface area contributed by atoms with Crippen molar-refractivity contribution in [2.45, 2.75) is 202 Å². The number of carboxylic acid groups (broad SMARTS) is 2. The molecule has 4 amide bonds. The monoisotopic (exact) mass is 1680 g/mol. The molecule has 604 valence electrons. The van der Waals surface area contributed by atoms with Crippen molar-refractivity contribution in [2.75, 3.05) is 90.2 Å². The van der Waals surface area contributed by atoms with E-state index >= 15 is 0 Å². The molecule has 0 atom stereocenters. The molecule has 3 aliphatic carbocycles. The summed E-state index contributed by atoms with van der Waals surface area (Å²) in [6, 6.07) is 0. The number of rotatable bonds is 10. The second kappa shape index (κ2) is 37.8. The van der Waals surface area contributed by atoms with Crippen molar-refractivity contribution < 1.29 is 129 Å². The van der Waals surface area contributed by atoms with Crippen LogP contribution in [0.25, 0.3) is 0 Å². The van der Waals surface area contributed by atoms with Crippen LogP contribution in [0.4, 0.5) is 48.3 Å². The first kappa shape index (κ1) is 92.2. The molecule has 3 saturated carbocycles. The molecule has 33 nitrogen and oxygen atoms in total. The van der Waals surface area contributed by atoms with Crippen molar-refractivity contribution in [1.82, 2.24) is 60.5 Å². The van der Waals surface area contributed by atoms with E-state index in [0.29, 0.717) is 53.0 Å². The number of hydrogen-bond donors (Lipinski definition) is 4. The number of ketones is 3. The summed E-state index contributed by atoms with van der Waals surface area (Å²) in [4.78, 5) is 150. The van der Waals surface area contributed by atoms with Gasteiger partial charge < -0.3 is 54.7 Å². The first-order valence-electron chi connectivity index (χ1n) is 36.1. The van der Waals surface area contributed by atoms with E-state index in [1.807, 2.05) is 60.3 Å². The van der Waals surface area contributed by atoms with Crippen molar-refractivity contribution in [1.29, 1.82) is 0 Å². The Morgan fingerprint density at radius 1 is 0.438 bits per heavy atom. The van der Waals surface area contributed by atoms with Crippen LogP contribution in [0.3, 0.4) is 0 Å². The van der Waals surface area contributed by atoms with Crippen molar-refractivity contribution in [3.63, 3.8) is 0 Å². The van der Waals surface area contributed by atoms with Gasteiger partial charge >= 0.3 is 87.7 Å². The van der Waals surface area contributed by atoms with Crippen molar-refractivity contribution >= 4 is 141 Å². The summed E-state index contributed by atoms with van der Waals surface area (Å²) >= 11 is 27.6. The Hall–Kier alpha value is -6.96. The zero-order valence-corrected chi connectivity index (χ0v) is 72.6. The predicted octanol–water partition coefficient (Wildman–Crippen LogP) is 9.42. The molecule has 4 N–H and O–H groups in total. The molecule has 39 heteroatoms. The van der Waals surface area contributed by atoms with Crippen LogP contribution in [0.5, 0.6) is 0 Å². The van der Waals surface area contributed by atoms with E-state index in [2.05, 4.69) is 70.1 Å². The molecule has 0 unspecified atom stereocenters. The number of amides is 4. The zero-order valence-electron chi connectivity index (χ0n) is 65.7. The molecule has 0 radical (unpaired) electrons. The van der Waals surface area contributed by atoms with Gasteiger partial charge in [-0.05, 0) is 162 Å². The average Bonchev–Trinajstić information content (AvgIpc) is 1.99. The number of alkyl carbamates (subject to hydrolysis) is 1. The van der Waals surface area contributed by atoms with Crippen molar-refractivity contribution in [3.05, 3.63) is 85.2 Å². The minimum absolute atomic E-state index is 0. The molecule has 0 aromatic carbocycles. The van der Waals surface area contributed by atoms with Gasteiger partial charge in [0.25, 0.3) is 0 Å². The summed E-state index contributed by atoms with van der Waals surface area (Å²) in [6.07, 6.45) is 20.4. The van der Waals surface area contributed by atoms with Gasteiger partial charge in [-0.2, -0.15) is 0 Å². The zero-order chi connectivity index (χ0) is 82.1. The third-order valence-electron chi connectivity index (χ3n) is 19.5. The number of aromatic carboxylic acids is 2. The quantitative estimate of drug-likeness (QED) is 0.0574. The minimum Gasteiger partial charge on any atom is -0.850 e. The Morgan fingerprint density at radius 2 is 0.741 bits per heavy atom. The fourth-order valence-corrected chi connectivity index (χ4v) is 13.7. The third-order valence-corrected chi connectivity index (χ3v) is 20.6. The van der Waals surface area contributed by atoms with Crippen LogP contribution < -0.4 is 91.6 Å². The summed E-state index contributed by atoms with van der Waals surface area (Å²) in [7, 11) is 0. The molecule has 5 aromatic rings. The minimum atomic E-state index is -1.22. The van der Waals surface area contributed by atoms with Gasteiger partial charge in [-0.15, -0.1) is 5.60 Å². The normalized spacial score (nSPS) is 20.0. The fourth-order valence-electron chi connectivity index (χ4n) is 12.6. The van der Waals surface area contributed by atoms with Gasteiger partial charge in [0.2, 0.25) is 0 Å². The summed E-state index contributed by atoms with van der Waals surface area (Å²) in [5, 5.41) is 34.1. The second-order valence-corrected chi connectivity index (χ2v) is 34.0. The number of Topliss-reactive ketones (excluding diaryl/α,β-unsaturated/α-hetero) is 3. The van der Waals surface area contributed by atoms with Gasteiger partial charge in [0.1, 0.15) is 53.8 Å². The topological polar surface area (TPSA) is 423 Å². The fraction of sp³-hybridized carbons (Fsp3) is 0.603. The smallest absolute Gasteiger partial charge is 0.850 e. The van der Waals surface area contributed by atoms with Crippen LogP contribution in [0.2, 0.25) is 25.8 Å². The number of nitrogens with one attached hydrogen (secondary N) is 2. The van der Waals surface area contributed by atoms with Gasteiger partial charge in [-0.3, -0.25) is 29.1 Å². The van der Waals surface area contributed by atoms with E-state index in [1.165, 1.54) is 125 Å². The van der Waals surface area contributed by atoms with Crippen LogP contribution in [-0.2, 0) is 18.9 Å². The molecule has 10 aliphatic rings. The Balaban J connectivity index is 0.000000187. The first-order chi connectivity index (χ1) is 51.7. The Kier molecular flexibility index (Phi) is 31.1. The number of cyclic esters (lactones) is 4. The number of carbonyl (C=O) groups excluding carboxylic acids is 7. The number of ether oxygens (including phenoxy) is 4. The summed E-state index contributed by atoms with van der Waals surface area (Å²) in [6.45, 7) is 31.4. The SMILES string of the molecule is C1CC2(CCN1)CC2.CC(=O)c1ncc(Cl)nc1Cl.CC(=O)c1ncc(N2C(=O)OCC2(C)C)nc1Cl.CC(=O)c1ncc(N2C(=O)OCC2(C)C)nc1N1CCC2(CC1)CC2.CC(C)(C)[O-].CC1(C)COC(=O)N1.CC1(C)COC(=O)N1c1cnc(C(=O)O)c(N2CCC3(CC2)CC3)n1.O=C(O)c1ncc(Cl)nc1Cl.[K+]. The maximum atomic E-state index is 12.1. The van der Waals surface area contributed by atoms with Crippen LogP contribution in [-0.4, -0.2) is 207 Å². The molecule has 112 heavy (non-hydrogen) atoms. The van der Waals surface area contributed by atoms with Crippen LogP contribution in [0.15, 0.2) is 31.0 Å². The van der Waals surface area contributed by atoms with E-state index < -0.39 is 52.4 Å². The standard InChI is InChI=1S/C18H24N4O3.C17H22N4O4.C11H12ClN3O3.C7H13N.C6H4Cl2N2O.C5H2Cl2N2O2.C5H9NO2.C4H9O.K/c1-12(23)14-15(21-8-6-18(4-5-18)7-9-21)20-13(10-19-14)22-16(24)25-11-17(22,2)3;1-16(2)10-25-15(24)21(16)11-9-18-12(14(22)23)13(19-11)20-7-5-17(3-4-17)6-8-20;1-6(16)8-9(12)14-7(4-13-8)15-10(17)18-5-11(15,2)3;1-2-7(1)3-5-8-6-4-7;1-3(11)5-6(8)10-4(7)2-9-5;6-2-1-8-3(5(10)11)4(7)9-2;1-5(2)3-8-4(7)6-5;1-4(2,3)5;/h10H,4-9,11H2,1-3H3;9H,3-8,10H2,1-2H3,(H,22,23);4H,5H2,1-3H3;8H,1-6H2;2H,1H3;1H,(H,10,11);3H2,1-2H3,(H,6,7);1-3H3;/q;;;;;;;-1;+1. The Bertz CT molecular complexity index is 4110. The third kappa shape index (κ3) is 25.3. The van der Waals surface area contributed by atoms with Crippen LogP contribution in [0, 0.1) is 16.2 Å². The molecule has 7 aliphatic heterocycles. The summed E-state index contributed by atoms with van der Waals surface area (Å²) < 4.78 is 19.9. The molecule has 5 aromatic heterocycles. The first-order valence-corrected chi connectivity index (χ1v) is 38.0. The average molecular weight is 1680 g/mol. The summed E-state index contributed by atoms with van der Waals surface area (Å²) in [5.41, 5.74) is -0.326. The number of anilines is 5. The van der Waals surface area contributed by atoms with Crippen LogP contribution in [0.1, 0.15) is 226 Å². The molecule has 0 bridgehead atoms. The van der Waals surface area contributed by atoms with E-state index in [0.717, 1.165) is 63.5 Å². The van der Waals surface area contributed by atoms with Gasteiger partial charge in [-0.25, -0.2) is 78.6 Å². The van der Waals surface area contributed by atoms with Crippen molar-refractivity contribution in [3.8, 4) is 0 Å². The van der Waals surface area contributed by atoms with Gasteiger partial charge in [0.15, 0.2) is 73.3 Å². The number of carboxylic acids is 2. The number of hydrogen-bond acceptors (Lipinski definition) is 27. The molecular formula is C73H95Cl5KN17O16. The summed E-state index contributed by atoms with van der Waals surface area (Å²) in [5.74, 6) is -0.948. The maximum Gasteiger partial charge on any atom is 1.00 e.